The topological polar surface area (TPSA) is 64.2 Å². The highest BCUT2D eigenvalue weighted by atomic mass is 16.5. The van der Waals surface area contributed by atoms with Crippen molar-refractivity contribution in [3.63, 3.8) is 0 Å². The average molecular weight is 324 g/mol. The zero-order valence-corrected chi connectivity index (χ0v) is 14.3. The molecule has 2 heterocycles. The van der Waals surface area contributed by atoms with E-state index in [9.17, 15) is 4.79 Å². The highest BCUT2D eigenvalue weighted by Crippen LogP contribution is 2.21. The SMILES string of the molecule is Cc1ccc(-c2cc(C(=O)N(C)Cc3cnn(C)c3C)no2)cc1. The van der Waals surface area contributed by atoms with E-state index in [1.54, 1.807) is 28.9 Å². The first-order valence-corrected chi connectivity index (χ1v) is 7.72. The van der Waals surface area contributed by atoms with Crippen LogP contribution in [0.4, 0.5) is 0 Å². The Hall–Kier alpha value is -2.89. The number of rotatable bonds is 4. The van der Waals surface area contributed by atoms with Crippen LogP contribution < -0.4 is 0 Å². The van der Waals surface area contributed by atoms with Crippen molar-refractivity contribution in [3.8, 4) is 11.3 Å². The Morgan fingerprint density at radius 1 is 1.25 bits per heavy atom. The second-order valence-electron chi connectivity index (χ2n) is 5.98. The molecule has 124 valence electrons. The third-order valence-corrected chi connectivity index (χ3v) is 4.16. The molecule has 0 aliphatic carbocycles. The molecule has 3 aromatic rings. The molecule has 0 saturated carbocycles. The van der Waals surface area contributed by atoms with Gasteiger partial charge in [0, 0.05) is 43.5 Å². The van der Waals surface area contributed by atoms with Crippen LogP contribution in [0.25, 0.3) is 11.3 Å². The first kappa shape index (κ1) is 16.0. The van der Waals surface area contributed by atoms with Crippen LogP contribution >= 0.6 is 0 Å². The zero-order valence-electron chi connectivity index (χ0n) is 14.3. The van der Waals surface area contributed by atoms with Gasteiger partial charge < -0.3 is 9.42 Å². The largest absolute Gasteiger partial charge is 0.355 e. The number of aromatic nitrogens is 3. The number of benzene rings is 1. The molecule has 6 heteroatoms. The van der Waals surface area contributed by atoms with Crippen LogP contribution in [-0.2, 0) is 13.6 Å². The van der Waals surface area contributed by atoms with Gasteiger partial charge in [-0.3, -0.25) is 9.48 Å². The fourth-order valence-corrected chi connectivity index (χ4v) is 2.45. The quantitative estimate of drug-likeness (QED) is 0.740. The molecule has 0 saturated heterocycles. The Labute approximate surface area is 140 Å². The van der Waals surface area contributed by atoms with Gasteiger partial charge in [0.25, 0.3) is 5.91 Å². The summed E-state index contributed by atoms with van der Waals surface area (Å²) in [5.74, 6) is 0.407. The van der Waals surface area contributed by atoms with Gasteiger partial charge in [-0.1, -0.05) is 35.0 Å². The summed E-state index contributed by atoms with van der Waals surface area (Å²) in [6.07, 6.45) is 1.78. The maximum atomic E-state index is 12.5. The minimum absolute atomic E-state index is 0.180. The summed E-state index contributed by atoms with van der Waals surface area (Å²) < 4.78 is 7.12. The van der Waals surface area contributed by atoms with Gasteiger partial charge in [-0.2, -0.15) is 5.10 Å². The van der Waals surface area contributed by atoms with Gasteiger partial charge in [0.2, 0.25) is 0 Å². The third-order valence-electron chi connectivity index (χ3n) is 4.16. The molecule has 0 bridgehead atoms. The fourth-order valence-electron chi connectivity index (χ4n) is 2.45. The van der Waals surface area contributed by atoms with E-state index in [0.29, 0.717) is 18.0 Å². The lowest BCUT2D eigenvalue weighted by atomic mass is 10.1. The Bertz CT molecular complexity index is 862. The van der Waals surface area contributed by atoms with E-state index < -0.39 is 0 Å². The summed E-state index contributed by atoms with van der Waals surface area (Å²) in [7, 11) is 3.63. The van der Waals surface area contributed by atoms with Crippen LogP contribution in [0, 0.1) is 13.8 Å². The van der Waals surface area contributed by atoms with E-state index in [1.165, 1.54) is 5.56 Å². The number of hydrogen-bond donors (Lipinski definition) is 0. The number of aryl methyl sites for hydroxylation is 2. The molecule has 6 nitrogen and oxygen atoms in total. The third kappa shape index (κ3) is 3.08. The lowest BCUT2D eigenvalue weighted by molar-refractivity contribution is 0.0774. The summed E-state index contributed by atoms with van der Waals surface area (Å²) in [6, 6.07) is 9.58. The Morgan fingerprint density at radius 2 is 1.96 bits per heavy atom. The second-order valence-corrected chi connectivity index (χ2v) is 5.98. The van der Waals surface area contributed by atoms with E-state index in [2.05, 4.69) is 10.3 Å². The van der Waals surface area contributed by atoms with E-state index >= 15 is 0 Å². The molecule has 0 N–H and O–H groups in total. The average Bonchev–Trinajstić information content (AvgIpc) is 3.17. The Balaban J connectivity index is 1.75. The van der Waals surface area contributed by atoms with Crippen molar-refractivity contribution in [3.05, 3.63) is 59.0 Å². The zero-order chi connectivity index (χ0) is 17.3. The standard InChI is InChI=1S/C18H20N4O2/c1-12-5-7-14(8-6-12)17-9-16(20-24-17)18(23)21(3)11-15-10-19-22(4)13(15)2/h5-10H,11H2,1-4H3. The molecule has 2 aromatic heterocycles. The predicted molar refractivity (Wildman–Crippen MR) is 90.4 cm³/mol. The van der Waals surface area contributed by atoms with Crippen molar-refractivity contribution in [1.29, 1.82) is 0 Å². The van der Waals surface area contributed by atoms with Gasteiger partial charge >= 0.3 is 0 Å². The molecule has 0 unspecified atom stereocenters. The Kier molecular flexibility index (Phi) is 4.20. The van der Waals surface area contributed by atoms with Crippen molar-refractivity contribution >= 4 is 5.91 Å². The normalized spacial score (nSPS) is 10.8. The maximum absolute atomic E-state index is 12.5. The van der Waals surface area contributed by atoms with Gasteiger partial charge in [0.05, 0.1) is 6.20 Å². The van der Waals surface area contributed by atoms with E-state index in [0.717, 1.165) is 16.8 Å². The number of amides is 1. The minimum Gasteiger partial charge on any atom is -0.355 e. The molecule has 3 rings (SSSR count). The van der Waals surface area contributed by atoms with Crippen LogP contribution in [0.1, 0.15) is 27.3 Å². The van der Waals surface area contributed by atoms with Crippen molar-refractivity contribution in [2.45, 2.75) is 20.4 Å². The van der Waals surface area contributed by atoms with Gasteiger partial charge in [0.1, 0.15) is 0 Å². The first-order chi connectivity index (χ1) is 11.5. The smallest absolute Gasteiger partial charge is 0.276 e. The summed E-state index contributed by atoms with van der Waals surface area (Å²) in [5, 5.41) is 8.11. The fraction of sp³-hybridized carbons (Fsp3) is 0.278. The van der Waals surface area contributed by atoms with Crippen LogP contribution in [0.2, 0.25) is 0 Å². The van der Waals surface area contributed by atoms with Crippen molar-refractivity contribution < 1.29 is 9.32 Å². The molecule has 1 aromatic carbocycles. The van der Waals surface area contributed by atoms with Gasteiger partial charge in [-0.25, -0.2) is 0 Å². The molecule has 0 atom stereocenters. The number of carbonyl (C=O) groups is 1. The van der Waals surface area contributed by atoms with Crippen molar-refractivity contribution in [2.24, 2.45) is 7.05 Å². The Morgan fingerprint density at radius 3 is 2.58 bits per heavy atom. The molecule has 0 aliphatic rings. The lowest BCUT2D eigenvalue weighted by Crippen LogP contribution is -2.26. The second kappa shape index (κ2) is 6.31. The number of hydrogen-bond acceptors (Lipinski definition) is 4. The summed E-state index contributed by atoms with van der Waals surface area (Å²) >= 11 is 0. The van der Waals surface area contributed by atoms with E-state index in [4.69, 9.17) is 4.52 Å². The molecule has 0 spiro atoms. The monoisotopic (exact) mass is 324 g/mol. The molecule has 0 radical (unpaired) electrons. The van der Waals surface area contributed by atoms with Crippen LogP contribution in [0.5, 0.6) is 0 Å². The summed E-state index contributed by atoms with van der Waals surface area (Å²) in [4.78, 5) is 14.2. The molecule has 24 heavy (non-hydrogen) atoms. The van der Waals surface area contributed by atoms with E-state index in [-0.39, 0.29) is 5.91 Å². The highest BCUT2D eigenvalue weighted by molar-refractivity contribution is 5.92. The molecule has 1 amide bonds. The van der Waals surface area contributed by atoms with Gasteiger partial charge in [-0.05, 0) is 13.8 Å². The summed E-state index contributed by atoms with van der Waals surface area (Å²) in [6.45, 7) is 4.48. The van der Waals surface area contributed by atoms with Gasteiger partial charge in [-0.15, -0.1) is 0 Å². The maximum Gasteiger partial charge on any atom is 0.276 e. The minimum atomic E-state index is -0.180. The van der Waals surface area contributed by atoms with Gasteiger partial charge in [0.15, 0.2) is 11.5 Å². The van der Waals surface area contributed by atoms with Crippen molar-refractivity contribution in [2.75, 3.05) is 7.05 Å². The molecule has 0 aliphatic heterocycles. The number of nitrogens with zero attached hydrogens (tertiary/aromatic N) is 4. The molecular formula is C18H20N4O2. The lowest BCUT2D eigenvalue weighted by Gasteiger charge is -2.15. The summed E-state index contributed by atoms with van der Waals surface area (Å²) in [5.41, 5.74) is 4.42. The van der Waals surface area contributed by atoms with E-state index in [1.807, 2.05) is 45.2 Å². The molecule has 0 fully saturated rings. The highest BCUT2D eigenvalue weighted by Gasteiger charge is 2.19. The van der Waals surface area contributed by atoms with Crippen molar-refractivity contribution in [1.82, 2.24) is 19.8 Å². The molecular weight excluding hydrogens is 304 g/mol. The first-order valence-electron chi connectivity index (χ1n) is 7.72. The predicted octanol–water partition coefficient (Wildman–Crippen LogP) is 2.96. The number of carbonyl (C=O) groups excluding carboxylic acids is 1. The van der Waals surface area contributed by atoms with Crippen LogP contribution in [0.15, 0.2) is 41.1 Å². The van der Waals surface area contributed by atoms with Crippen LogP contribution in [-0.4, -0.2) is 32.8 Å². The van der Waals surface area contributed by atoms with Crippen LogP contribution in [0.3, 0.4) is 0 Å².